The molecular weight excluding hydrogens is 282 g/mol. The van der Waals surface area contributed by atoms with E-state index in [4.69, 9.17) is 15.6 Å². The zero-order valence-corrected chi connectivity index (χ0v) is 12.7. The summed E-state index contributed by atoms with van der Waals surface area (Å²) in [5.74, 6) is 2.81. The average Bonchev–Trinajstić information content (AvgIpc) is 2.42. The fourth-order valence-electron chi connectivity index (χ4n) is 1.86. The molecule has 2 aromatic rings. The van der Waals surface area contributed by atoms with Gasteiger partial charge in [0.25, 0.3) is 0 Å². The van der Waals surface area contributed by atoms with E-state index in [-0.39, 0.29) is 12.0 Å². The second-order valence-electron chi connectivity index (χ2n) is 5.79. The Kier molecular flexibility index (Phi) is 4.22. The molecule has 0 aliphatic carbocycles. The number of hydrogen-bond donors (Lipinski definition) is 1. The summed E-state index contributed by atoms with van der Waals surface area (Å²) in [5, 5.41) is 2.99. The van der Waals surface area contributed by atoms with E-state index < -0.39 is 11.7 Å². The van der Waals surface area contributed by atoms with Crippen molar-refractivity contribution in [1.82, 2.24) is 5.32 Å². The lowest BCUT2D eigenvalue weighted by Crippen LogP contribution is -2.32. The average molecular weight is 299 g/mol. The molecular formula is C17H17NO4. The number of terminal acetylenes is 1. The number of amides is 1. The van der Waals surface area contributed by atoms with E-state index in [9.17, 15) is 9.59 Å². The highest BCUT2D eigenvalue weighted by Gasteiger charge is 2.16. The van der Waals surface area contributed by atoms with Crippen molar-refractivity contribution in [3.63, 3.8) is 0 Å². The van der Waals surface area contributed by atoms with E-state index in [1.165, 1.54) is 6.07 Å². The first-order valence-electron chi connectivity index (χ1n) is 6.79. The highest BCUT2D eigenvalue weighted by Crippen LogP contribution is 2.14. The van der Waals surface area contributed by atoms with E-state index in [1.54, 1.807) is 39.0 Å². The molecule has 0 fully saturated rings. The van der Waals surface area contributed by atoms with Gasteiger partial charge >= 0.3 is 6.09 Å². The predicted molar refractivity (Wildman–Crippen MR) is 83.5 cm³/mol. The number of rotatable bonds is 2. The molecule has 0 saturated heterocycles. The Labute approximate surface area is 128 Å². The monoisotopic (exact) mass is 299 g/mol. The van der Waals surface area contributed by atoms with Crippen molar-refractivity contribution in [3.05, 3.63) is 45.8 Å². The third kappa shape index (κ3) is 3.89. The first-order valence-corrected chi connectivity index (χ1v) is 6.79. The number of benzene rings is 1. The van der Waals surface area contributed by atoms with Crippen LogP contribution < -0.4 is 10.7 Å². The van der Waals surface area contributed by atoms with Gasteiger partial charge in [-0.2, -0.15) is 0 Å². The minimum atomic E-state index is -0.587. The Balaban J connectivity index is 2.20. The SMILES string of the molecule is C#Cc1ccc2c(=O)cc(CNC(=O)OC(C)(C)C)oc2c1. The highest BCUT2D eigenvalue weighted by molar-refractivity contribution is 5.78. The van der Waals surface area contributed by atoms with Crippen LogP contribution in [0.4, 0.5) is 4.79 Å². The van der Waals surface area contributed by atoms with E-state index in [0.717, 1.165) is 0 Å². The van der Waals surface area contributed by atoms with Gasteiger partial charge in [-0.15, -0.1) is 6.42 Å². The topological polar surface area (TPSA) is 68.5 Å². The fraction of sp³-hybridized carbons (Fsp3) is 0.294. The third-order valence-electron chi connectivity index (χ3n) is 2.75. The van der Waals surface area contributed by atoms with Crippen LogP contribution in [0.25, 0.3) is 11.0 Å². The fourth-order valence-corrected chi connectivity index (χ4v) is 1.86. The number of fused-ring (bicyclic) bond motifs is 1. The van der Waals surface area contributed by atoms with Gasteiger partial charge in [0.2, 0.25) is 0 Å². The summed E-state index contributed by atoms with van der Waals surface area (Å²) in [6.45, 7) is 5.36. The van der Waals surface area contributed by atoms with Crippen LogP contribution in [0.2, 0.25) is 0 Å². The first kappa shape index (κ1) is 15.6. The number of carbonyl (C=O) groups excluding carboxylic acids is 1. The van der Waals surface area contributed by atoms with Crippen molar-refractivity contribution in [2.45, 2.75) is 32.9 Å². The van der Waals surface area contributed by atoms with Gasteiger partial charge in [0.05, 0.1) is 11.9 Å². The van der Waals surface area contributed by atoms with Gasteiger partial charge < -0.3 is 14.5 Å². The zero-order valence-electron chi connectivity index (χ0n) is 12.7. The molecule has 1 heterocycles. The van der Waals surface area contributed by atoms with Gasteiger partial charge in [-0.05, 0) is 39.0 Å². The summed E-state index contributed by atoms with van der Waals surface area (Å²) in [4.78, 5) is 23.6. The zero-order chi connectivity index (χ0) is 16.3. The second kappa shape index (κ2) is 5.94. The van der Waals surface area contributed by atoms with E-state index in [2.05, 4.69) is 11.2 Å². The molecule has 5 heteroatoms. The molecule has 0 radical (unpaired) electrons. The molecule has 0 aliphatic rings. The van der Waals surface area contributed by atoms with Crippen LogP contribution in [0, 0.1) is 12.3 Å². The molecule has 0 spiro atoms. The maximum absolute atomic E-state index is 12.0. The Morgan fingerprint density at radius 1 is 1.36 bits per heavy atom. The van der Waals surface area contributed by atoms with Crippen LogP contribution in [-0.4, -0.2) is 11.7 Å². The van der Waals surface area contributed by atoms with Crippen molar-refractivity contribution in [1.29, 1.82) is 0 Å². The molecule has 5 nitrogen and oxygen atoms in total. The summed E-state index contributed by atoms with van der Waals surface area (Å²) in [6.07, 6.45) is 4.75. The molecule has 1 N–H and O–H groups in total. The Morgan fingerprint density at radius 3 is 2.73 bits per heavy atom. The van der Waals surface area contributed by atoms with Crippen LogP contribution in [0.1, 0.15) is 32.1 Å². The molecule has 22 heavy (non-hydrogen) atoms. The standard InChI is InChI=1S/C17H17NO4/c1-5-11-6-7-13-14(19)9-12(21-15(13)8-11)10-18-16(20)22-17(2,3)4/h1,6-9H,10H2,2-4H3,(H,18,20). The third-order valence-corrected chi connectivity index (χ3v) is 2.75. The molecule has 0 unspecified atom stereocenters. The lowest BCUT2D eigenvalue weighted by molar-refractivity contribution is 0.0520. The van der Waals surface area contributed by atoms with E-state index in [0.29, 0.717) is 22.3 Å². The van der Waals surface area contributed by atoms with Gasteiger partial charge in [0.15, 0.2) is 5.43 Å². The van der Waals surface area contributed by atoms with Crippen molar-refractivity contribution < 1.29 is 13.9 Å². The van der Waals surface area contributed by atoms with E-state index >= 15 is 0 Å². The molecule has 1 amide bonds. The molecule has 0 saturated carbocycles. The lowest BCUT2D eigenvalue weighted by Gasteiger charge is -2.19. The first-order chi connectivity index (χ1) is 10.3. The van der Waals surface area contributed by atoms with Crippen molar-refractivity contribution in [2.24, 2.45) is 0 Å². The molecule has 0 bridgehead atoms. The number of hydrogen-bond acceptors (Lipinski definition) is 4. The Bertz CT molecular complexity index is 806. The van der Waals surface area contributed by atoms with Gasteiger partial charge in [0, 0.05) is 11.6 Å². The van der Waals surface area contributed by atoms with Crippen LogP contribution in [0.5, 0.6) is 0 Å². The maximum atomic E-state index is 12.0. The maximum Gasteiger partial charge on any atom is 0.408 e. The molecule has 1 aromatic heterocycles. The molecule has 0 atom stereocenters. The largest absolute Gasteiger partial charge is 0.459 e. The number of carbonyl (C=O) groups is 1. The smallest absolute Gasteiger partial charge is 0.408 e. The lowest BCUT2D eigenvalue weighted by atomic mass is 10.1. The molecule has 2 rings (SSSR count). The van der Waals surface area contributed by atoms with Gasteiger partial charge in [-0.25, -0.2) is 4.79 Å². The quantitative estimate of drug-likeness (QED) is 0.866. The van der Waals surface area contributed by atoms with E-state index in [1.807, 2.05) is 0 Å². The number of nitrogens with one attached hydrogen (secondary N) is 1. The second-order valence-corrected chi connectivity index (χ2v) is 5.79. The van der Waals surface area contributed by atoms with Crippen LogP contribution in [-0.2, 0) is 11.3 Å². The predicted octanol–water partition coefficient (Wildman–Crippen LogP) is 2.80. The van der Waals surface area contributed by atoms with Gasteiger partial charge in [-0.3, -0.25) is 4.79 Å². The molecule has 1 aromatic carbocycles. The van der Waals surface area contributed by atoms with Gasteiger partial charge in [-0.1, -0.05) is 5.92 Å². The summed E-state index contributed by atoms with van der Waals surface area (Å²) in [7, 11) is 0. The normalized spacial score (nSPS) is 11.0. The summed E-state index contributed by atoms with van der Waals surface area (Å²) >= 11 is 0. The van der Waals surface area contributed by atoms with Crippen molar-refractivity contribution >= 4 is 17.1 Å². The van der Waals surface area contributed by atoms with Gasteiger partial charge in [0.1, 0.15) is 16.9 Å². The summed E-state index contributed by atoms with van der Waals surface area (Å²) in [6, 6.07) is 6.27. The summed E-state index contributed by atoms with van der Waals surface area (Å²) in [5.41, 5.74) is 0.235. The van der Waals surface area contributed by atoms with Crippen molar-refractivity contribution in [3.8, 4) is 12.3 Å². The number of ether oxygens (including phenoxy) is 1. The number of alkyl carbamates (subject to hydrolysis) is 1. The van der Waals surface area contributed by atoms with Crippen LogP contribution in [0.15, 0.2) is 33.5 Å². The van der Waals surface area contributed by atoms with Crippen molar-refractivity contribution in [2.75, 3.05) is 0 Å². The van der Waals surface area contributed by atoms with Crippen LogP contribution >= 0.6 is 0 Å². The Hall–Kier alpha value is -2.74. The summed E-state index contributed by atoms with van der Waals surface area (Å²) < 4.78 is 10.7. The Morgan fingerprint density at radius 2 is 2.09 bits per heavy atom. The van der Waals surface area contributed by atoms with Crippen LogP contribution in [0.3, 0.4) is 0 Å². The minimum absolute atomic E-state index is 0.0559. The highest BCUT2D eigenvalue weighted by atomic mass is 16.6. The minimum Gasteiger partial charge on any atom is -0.459 e. The molecule has 0 aliphatic heterocycles. The molecule has 114 valence electrons.